The summed E-state index contributed by atoms with van der Waals surface area (Å²) < 4.78 is 5.11. The Hall–Kier alpha value is -4.14. The molecule has 0 aliphatic carbocycles. The number of hydrogen-bond acceptors (Lipinski definition) is 10. The highest BCUT2D eigenvalue weighted by Crippen LogP contribution is 2.36. The molecule has 1 aromatic carbocycles. The van der Waals surface area contributed by atoms with Gasteiger partial charge in [0.25, 0.3) is 23.0 Å². The first-order valence-electron chi connectivity index (χ1n) is 10.1. The number of unbranched alkanes of at least 4 members (excludes halogenated alkanes) is 1. The molecule has 0 saturated heterocycles. The molecule has 0 fully saturated rings. The predicted molar refractivity (Wildman–Crippen MR) is 117 cm³/mol. The first kappa shape index (κ1) is 27.9. The standard InChI is InChI=1S/C13H23N3O2.C6H3N3O7/c1-6-7-8-11(16(4)5)12(17)14-13-9(2)10(3)15-18-13;10-6-4(8(13)14)1-3(7(11)12)2-5(6)9(15)16/h11H,6-8H2,1-5H3,(H,14,17);1-2,10H. The smallest absolute Gasteiger partial charge is 0.285 e. The van der Waals surface area contributed by atoms with Crippen LogP contribution < -0.4 is 15.3 Å². The van der Waals surface area contributed by atoms with Crippen molar-refractivity contribution in [3.63, 3.8) is 0 Å². The van der Waals surface area contributed by atoms with E-state index < -0.39 is 37.6 Å². The molecule has 0 spiro atoms. The molecule has 15 nitrogen and oxygen atoms in total. The highest BCUT2D eigenvalue weighted by atomic mass is 16.6. The third-order valence-electron chi connectivity index (χ3n) is 4.89. The van der Waals surface area contributed by atoms with Crippen molar-refractivity contribution >= 4 is 28.9 Å². The summed E-state index contributed by atoms with van der Waals surface area (Å²) >= 11 is 0. The summed E-state index contributed by atoms with van der Waals surface area (Å²) in [6.07, 6.45) is 3.03. The van der Waals surface area contributed by atoms with Crippen LogP contribution in [0, 0.1) is 44.2 Å². The number of aryl methyl sites for hydroxylation is 1. The van der Waals surface area contributed by atoms with E-state index in [9.17, 15) is 40.2 Å². The predicted octanol–water partition coefficient (Wildman–Crippen LogP) is 1.42. The van der Waals surface area contributed by atoms with E-state index in [-0.39, 0.29) is 11.9 Å². The number of aromatic nitrogens is 1. The monoisotopic (exact) mass is 482 g/mol. The van der Waals surface area contributed by atoms with Gasteiger partial charge in [-0.2, -0.15) is 0 Å². The van der Waals surface area contributed by atoms with Crippen LogP contribution in [-0.2, 0) is 4.79 Å². The molecule has 0 radical (unpaired) electrons. The number of amides is 1. The van der Waals surface area contributed by atoms with Gasteiger partial charge in [-0.05, 0) is 20.3 Å². The second-order valence-corrected chi connectivity index (χ2v) is 7.57. The molecule has 0 aliphatic rings. The van der Waals surface area contributed by atoms with Crippen molar-refractivity contribution in [2.24, 2.45) is 0 Å². The molecule has 1 atom stereocenters. The minimum atomic E-state index is -1.46. The normalized spacial score (nSPS) is 11.4. The molecule has 0 bridgehead atoms. The van der Waals surface area contributed by atoms with Gasteiger partial charge in [-0.3, -0.25) is 40.5 Å². The van der Waals surface area contributed by atoms with Crippen molar-refractivity contribution in [3.8, 4) is 5.75 Å². The number of anilines is 1. The van der Waals surface area contributed by atoms with Crippen LogP contribution in [0.1, 0.15) is 37.4 Å². The minimum absolute atomic E-state index is 0.00250. The summed E-state index contributed by atoms with van der Waals surface area (Å²) in [6.45, 7) is 5.88. The second-order valence-electron chi connectivity index (χ2n) is 7.57. The van der Waals surface area contributed by atoms with Crippen LogP contribution in [0.4, 0.5) is 22.9 Å². The molecule has 2 aromatic rings. The molecular weight excluding hydrogens is 456 g/mol. The zero-order valence-electron chi connectivity index (χ0n) is 19.3. The van der Waals surface area contributed by atoms with Gasteiger partial charge in [-0.25, -0.2) is 0 Å². The quantitative estimate of drug-likeness (QED) is 0.387. The van der Waals surface area contributed by atoms with Gasteiger partial charge in [0.05, 0.1) is 52.4 Å². The Balaban J connectivity index is 0.000000342. The molecule has 1 amide bonds. The average Bonchev–Trinajstić information content (AvgIpc) is 3.05. The Morgan fingerprint density at radius 3 is 1.97 bits per heavy atom. The first-order valence-corrected chi connectivity index (χ1v) is 10.1. The summed E-state index contributed by atoms with van der Waals surface area (Å²) in [5, 5.41) is 48.8. The van der Waals surface area contributed by atoms with Crippen LogP contribution in [0.3, 0.4) is 0 Å². The molecule has 2 N–H and O–H groups in total. The summed E-state index contributed by atoms with van der Waals surface area (Å²) in [5.74, 6) is -0.983. The number of nitro benzene ring substituents is 3. The fraction of sp³-hybridized carbons (Fsp3) is 0.474. The number of carbonyl (C=O) groups excluding carboxylic acids is 1. The Kier molecular flexibility index (Phi) is 10.0. The van der Waals surface area contributed by atoms with Crippen molar-refractivity contribution in [1.82, 2.24) is 5.16 Å². The van der Waals surface area contributed by atoms with E-state index in [1.165, 1.54) is 0 Å². The molecule has 15 heteroatoms. The number of benzene rings is 1. The zero-order chi connectivity index (χ0) is 26.2. The Morgan fingerprint density at radius 2 is 1.62 bits per heavy atom. The van der Waals surface area contributed by atoms with Gasteiger partial charge in [-0.1, -0.05) is 18.5 Å². The van der Waals surface area contributed by atoms with Crippen molar-refractivity contribution in [3.05, 3.63) is 53.7 Å². The van der Waals surface area contributed by atoms with E-state index in [0.717, 1.165) is 35.4 Å². The molecule has 1 unspecified atom stereocenters. The number of hydrogen-bond donors (Lipinski definition) is 2. The van der Waals surface area contributed by atoms with Gasteiger partial charge in [0.2, 0.25) is 5.88 Å². The Bertz CT molecular complexity index is 1030. The van der Waals surface area contributed by atoms with Gasteiger partial charge in [0.1, 0.15) is 0 Å². The third-order valence-corrected chi connectivity index (χ3v) is 4.89. The van der Waals surface area contributed by atoms with E-state index in [4.69, 9.17) is 4.52 Å². The minimum Gasteiger partial charge on any atom is -0.863 e. The van der Waals surface area contributed by atoms with Crippen molar-refractivity contribution in [2.45, 2.75) is 46.1 Å². The molecule has 186 valence electrons. The van der Waals surface area contributed by atoms with E-state index in [2.05, 4.69) is 17.4 Å². The molecule has 0 saturated carbocycles. The highest BCUT2D eigenvalue weighted by molar-refractivity contribution is 5.93. The van der Waals surface area contributed by atoms with Crippen LogP contribution in [0.15, 0.2) is 16.7 Å². The zero-order valence-corrected chi connectivity index (χ0v) is 19.3. The topological polar surface area (TPSA) is 212 Å². The number of quaternary nitrogens is 1. The number of non-ortho nitro benzene ring substituents is 1. The molecule has 1 aromatic heterocycles. The summed E-state index contributed by atoms with van der Waals surface area (Å²) in [7, 11) is 4.00. The summed E-state index contributed by atoms with van der Waals surface area (Å²) in [4.78, 5) is 40.9. The van der Waals surface area contributed by atoms with Crippen molar-refractivity contribution in [2.75, 3.05) is 19.4 Å². The van der Waals surface area contributed by atoms with Crippen LogP contribution in [-0.4, -0.2) is 46.0 Å². The molecule has 0 aliphatic heterocycles. The van der Waals surface area contributed by atoms with Gasteiger partial charge in [-0.15, -0.1) is 0 Å². The summed E-state index contributed by atoms with van der Waals surface area (Å²) in [6, 6.07) is 0.722. The highest BCUT2D eigenvalue weighted by Gasteiger charge is 2.26. The number of rotatable bonds is 9. The maximum absolute atomic E-state index is 12.2. The number of nitrogens with zero attached hydrogens (tertiary/aromatic N) is 4. The number of nitrogens with one attached hydrogen (secondary N) is 2. The van der Waals surface area contributed by atoms with E-state index in [0.29, 0.717) is 18.0 Å². The SMILES string of the molecule is CCCCC(C(=O)Nc1onc(C)c1C)[NH+](C)C.O=[N+]([O-])c1cc([N+](=O)[O-])c([O-])c([N+](=O)[O-])c1. The Morgan fingerprint density at radius 1 is 1.09 bits per heavy atom. The lowest BCUT2D eigenvalue weighted by atomic mass is 10.1. The fourth-order valence-electron chi connectivity index (χ4n) is 2.78. The van der Waals surface area contributed by atoms with E-state index >= 15 is 0 Å². The third kappa shape index (κ3) is 7.19. The number of likely N-dealkylation sites (N-methyl/N-ethyl adjacent to an activating group) is 1. The van der Waals surface area contributed by atoms with Gasteiger partial charge >= 0.3 is 0 Å². The van der Waals surface area contributed by atoms with Crippen LogP contribution in [0.5, 0.6) is 5.75 Å². The fourth-order valence-corrected chi connectivity index (χ4v) is 2.78. The number of carbonyl (C=O) groups is 1. The maximum atomic E-state index is 12.2. The lowest BCUT2D eigenvalue weighted by Gasteiger charge is -2.19. The largest absolute Gasteiger partial charge is 0.863 e. The molecule has 1 heterocycles. The van der Waals surface area contributed by atoms with E-state index in [1.54, 1.807) is 0 Å². The molecular formula is C19H26N6O9. The van der Waals surface area contributed by atoms with Gasteiger partial charge in [0, 0.05) is 12.0 Å². The molecule has 34 heavy (non-hydrogen) atoms. The van der Waals surface area contributed by atoms with Crippen molar-refractivity contribution in [1.29, 1.82) is 0 Å². The van der Waals surface area contributed by atoms with Crippen molar-refractivity contribution < 1.29 is 34.1 Å². The van der Waals surface area contributed by atoms with Gasteiger partial charge in [0.15, 0.2) is 6.04 Å². The lowest BCUT2D eigenvalue weighted by Crippen LogP contribution is -3.11. The summed E-state index contributed by atoms with van der Waals surface area (Å²) in [5.41, 5.74) is -1.56. The van der Waals surface area contributed by atoms with Crippen LogP contribution in [0.2, 0.25) is 0 Å². The average molecular weight is 482 g/mol. The number of nitro groups is 3. The maximum Gasteiger partial charge on any atom is 0.285 e. The lowest BCUT2D eigenvalue weighted by molar-refractivity contribution is -0.875. The first-order chi connectivity index (χ1) is 15.8. The van der Waals surface area contributed by atoms with Crippen LogP contribution in [0.25, 0.3) is 0 Å². The van der Waals surface area contributed by atoms with Gasteiger partial charge < -0.3 is 14.5 Å². The Labute approximate surface area is 193 Å². The van der Waals surface area contributed by atoms with Crippen LogP contribution >= 0.6 is 0 Å². The second kappa shape index (κ2) is 12.2. The molecule has 2 rings (SSSR count). The van der Waals surface area contributed by atoms with E-state index in [1.807, 2.05) is 27.9 Å².